The fourth-order valence-electron chi connectivity index (χ4n) is 4.11. The molecule has 7 nitrogen and oxygen atoms in total. The Morgan fingerprint density at radius 2 is 1.74 bits per heavy atom. The van der Waals surface area contributed by atoms with Gasteiger partial charge in [-0.1, -0.05) is 24.3 Å². The number of aromatic nitrogens is 2. The number of carbonyl (C=O) groups excluding carboxylic acids is 1. The van der Waals surface area contributed by atoms with Gasteiger partial charge >= 0.3 is 5.69 Å². The number of para-hydroxylation sites is 2. The van der Waals surface area contributed by atoms with Crippen LogP contribution in [-0.2, 0) is 4.79 Å². The second-order valence-electron chi connectivity index (χ2n) is 7.78. The molecule has 0 spiro atoms. The van der Waals surface area contributed by atoms with Crippen LogP contribution in [0.3, 0.4) is 0 Å². The minimum atomic E-state index is -0.880. The smallest absolute Gasteiger partial charge is 0.336 e. The van der Waals surface area contributed by atoms with Crippen LogP contribution in [0.2, 0.25) is 0 Å². The molecular weight excluding hydrogens is 399 g/mol. The molecule has 2 aromatic carbocycles. The van der Waals surface area contributed by atoms with Crippen molar-refractivity contribution in [1.82, 2.24) is 19.4 Å². The predicted molar refractivity (Wildman–Crippen MR) is 117 cm³/mol. The Morgan fingerprint density at radius 3 is 2.48 bits per heavy atom. The van der Waals surface area contributed by atoms with Gasteiger partial charge in [-0.3, -0.25) is 14.2 Å². The molecule has 1 N–H and O–H groups in total. The number of amides is 1. The fraction of sp³-hybridized carbons (Fsp3) is 0.348. The SMILES string of the molecule is C[C@H](C(=O)NCCN1CCCC1)n1c(=O)n(-c2ccccc2F)c(=O)c2ccccc21. The molecule has 1 aliphatic heterocycles. The van der Waals surface area contributed by atoms with Crippen LogP contribution in [0, 0.1) is 5.82 Å². The van der Waals surface area contributed by atoms with Crippen molar-refractivity contribution < 1.29 is 9.18 Å². The molecule has 162 valence electrons. The molecular formula is C23H25FN4O3. The topological polar surface area (TPSA) is 76.3 Å². The minimum Gasteiger partial charge on any atom is -0.353 e. The maximum absolute atomic E-state index is 14.4. The zero-order valence-electron chi connectivity index (χ0n) is 17.4. The Bertz CT molecular complexity index is 1230. The van der Waals surface area contributed by atoms with E-state index in [-0.39, 0.29) is 17.0 Å². The highest BCUT2D eigenvalue weighted by atomic mass is 19.1. The van der Waals surface area contributed by atoms with Gasteiger partial charge in [0.15, 0.2) is 0 Å². The van der Waals surface area contributed by atoms with E-state index < -0.39 is 23.1 Å². The fourth-order valence-corrected chi connectivity index (χ4v) is 4.11. The quantitative estimate of drug-likeness (QED) is 0.657. The summed E-state index contributed by atoms with van der Waals surface area (Å²) in [5, 5.41) is 3.12. The number of fused-ring (bicyclic) bond motifs is 1. The first-order valence-corrected chi connectivity index (χ1v) is 10.5. The molecule has 1 aliphatic rings. The van der Waals surface area contributed by atoms with E-state index in [0.29, 0.717) is 12.1 Å². The summed E-state index contributed by atoms with van der Waals surface area (Å²) < 4.78 is 16.5. The van der Waals surface area contributed by atoms with E-state index in [1.54, 1.807) is 37.3 Å². The van der Waals surface area contributed by atoms with Crippen molar-refractivity contribution in [2.24, 2.45) is 0 Å². The summed E-state index contributed by atoms with van der Waals surface area (Å²) in [5.41, 5.74) is -1.18. The summed E-state index contributed by atoms with van der Waals surface area (Å²) in [5.74, 6) is -1.02. The Hall–Kier alpha value is -3.26. The molecule has 2 heterocycles. The van der Waals surface area contributed by atoms with Crippen molar-refractivity contribution >= 4 is 16.8 Å². The molecule has 1 saturated heterocycles. The number of carbonyl (C=O) groups is 1. The van der Waals surface area contributed by atoms with Gasteiger partial charge in [0.25, 0.3) is 5.56 Å². The number of rotatable bonds is 6. The third kappa shape index (κ3) is 4.03. The molecule has 3 aromatic rings. The van der Waals surface area contributed by atoms with Gasteiger partial charge in [0, 0.05) is 13.1 Å². The molecule has 0 unspecified atom stereocenters. The molecule has 1 amide bonds. The summed E-state index contributed by atoms with van der Waals surface area (Å²) in [6.45, 7) is 4.90. The Morgan fingerprint density at radius 1 is 1.06 bits per heavy atom. The van der Waals surface area contributed by atoms with Crippen molar-refractivity contribution in [3.05, 3.63) is 75.2 Å². The number of nitrogens with one attached hydrogen (secondary N) is 1. The lowest BCUT2D eigenvalue weighted by Gasteiger charge is -2.21. The number of likely N-dealkylation sites (tertiary alicyclic amines) is 1. The molecule has 0 saturated carbocycles. The largest absolute Gasteiger partial charge is 0.353 e. The van der Waals surface area contributed by atoms with E-state index in [9.17, 15) is 18.8 Å². The standard InChI is InChI=1S/C23H25FN4O3/c1-16(21(29)25-12-15-26-13-6-7-14-26)27-19-10-4-2-8-17(19)22(30)28(23(27)31)20-11-5-3-9-18(20)24/h2-5,8-11,16H,6-7,12-15H2,1H3,(H,25,29)/t16-/m1/s1. The van der Waals surface area contributed by atoms with Gasteiger partial charge in [-0.25, -0.2) is 13.8 Å². The van der Waals surface area contributed by atoms with Crippen molar-refractivity contribution in [1.29, 1.82) is 0 Å². The zero-order valence-corrected chi connectivity index (χ0v) is 17.4. The first-order chi connectivity index (χ1) is 15.0. The van der Waals surface area contributed by atoms with Crippen LogP contribution in [-0.4, -0.2) is 46.1 Å². The van der Waals surface area contributed by atoms with E-state index in [1.165, 1.54) is 35.6 Å². The second kappa shape index (κ2) is 8.85. The Labute approximate surface area is 178 Å². The lowest BCUT2D eigenvalue weighted by atomic mass is 10.2. The van der Waals surface area contributed by atoms with Crippen LogP contribution in [0.1, 0.15) is 25.8 Å². The maximum Gasteiger partial charge on any atom is 0.336 e. The highest BCUT2D eigenvalue weighted by Gasteiger charge is 2.23. The highest BCUT2D eigenvalue weighted by molar-refractivity contribution is 5.84. The molecule has 31 heavy (non-hydrogen) atoms. The summed E-state index contributed by atoms with van der Waals surface area (Å²) >= 11 is 0. The molecule has 0 radical (unpaired) electrons. The number of nitrogens with zero attached hydrogens (tertiary/aromatic N) is 3. The van der Waals surface area contributed by atoms with Crippen LogP contribution in [0.5, 0.6) is 0 Å². The first-order valence-electron chi connectivity index (χ1n) is 10.5. The van der Waals surface area contributed by atoms with E-state index in [0.717, 1.165) is 24.2 Å². The molecule has 1 fully saturated rings. The number of benzene rings is 2. The van der Waals surface area contributed by atoms with Gasteiger partial charge in [0.2, 0.25) is 5.91 Å². The zero-order chi connectivity index (χ0) is 22.0. The molecule has 4 rings (SSSR count). The van der Waals surface area contributed by atoms with Crippen molar-refractivity contribution in [3.8, 4) is 5.69 Å². The maximum atomic E-state index is 14.4. The van der Waals surface area contributed by atoms with Crippen LogP contribution < -0.4 is 16.6 Å². The van der Waals surface area contributed by atoms with Gasteiger partial charge in [0.1, 0.15) is 11.9 Å². The van der Waals surface area contributed by atoms with E-state index >= 15 is 0 Å². The summed E-state index contributed by atoms with van der Waals surface area (Å²) in [4.78, 5) is 41.5. The van der Waals surface area contributed by atoms with Gasteiger partial charge in [0.05, 0.1) is 16.6 Å². The van der Waals surface area contributed by atoms with Gasteiger partial charge in [-0.2, -0.15) is 0 Å². The van der Waals surface area contributed by atoms with E-state index in [4.69, 9.17) is 0 Å². The predicted octanol–water partition coefficient (Wildman–Crippen LogP) is 2.06. The summed E-state index contributed by atoms with van der Waals surface area (Å²) in [6, 6.07) is 11.3. The molecule has 1 atom stereocenters. The van der Waals surface area contributed by atoms with Crippen molar-refractivity contribution in [2.45, 2.75) is 25.8 Å². The monoisotopic (exact) mass is 424 g/mol. The van der Waals surface area contributed by atoms with Crippen LogP contribution >= 0.6 is 0 Å². The minimum absolute atomic E-state index is 0.140. The number of hydrogen-bond donors (Lipinski definition) is 1. The lowest BCUT2D eigenvalue weighted by Crippen LogP contribution is -2.44. The number of hydrogen-bond acceptors (Lipinski definition) is 4. The summed E-state index contributed by atoms with van der Waals surface area (Å²) in [6.07, 6.45) is 2.34. The van der Waals surface area contributed by atoms with Crippen molar-refractivity contribution in [2.75, 3.05) is 26.2 Å². The van der Waals surface area contributed by atoms with Crippen LogP contribution in [0.4, 0.5) is 4.39 Å². The molecule has 8 heteroatoms. The van der Waals surface area contributed by atoms with E-state index in [2.05, 4.69) is 10.2 Å². The van der Waals surface area contributed by atoms with Crippen molar-refractivity contribution in [3.63, 3.8) is 0 Å². The second-order valence-corrected chi connectivity index (χ2v) is 7.78. The molecule has 0 aliphatic carbocycles. The Kier molecular flexibility index (Phi) is 5.99. The van der Waals surface area contributed by atoms with Gasteiger partial charge in [-0.15, -0.1) is 0 Å². The van der Waals surface area contributed by atoms with E-state index in [1.807, 2.05) is 0 Å². The lowest BCUT2D eigenvalue weighted by molar-refractivity contribution is -0.123. The summed E-state index contributed by atoms with van der Waals surface area (Å²) in [7, 11) is 0. The highest BCUT2D eigenvalue weighted by Crippen LogP contribution is 2.16. The average Bonchev–Trinajstić information content (AvgIpc) is 3.28. The first kappa shape index (κ1) is 21.0. The third-order valence-electron chi connectivity index (χ3n) is 5.78. The third-order valence-corrected chi connectivity index (χ3v) is 5.78. The normalized spacial score (nSPS) is 15.3. The van der Waals surface area contributed by atoms with Gasteiger partial charge < -0.3 is 10.2 Å². The molecule has 1 aromatic heterocycles. The van der Waals surface area contributed by atoms with Crippen LogP contribution in [0.15, 0.2) is 58.1 Å². The van der Waals surface area contributed by atoms with Gasteiger partial charge in [-0.05, 0) is 57.1 Å². The number of halogens is 1. The Balaban J connectivity index is 1.74. The average molecular weight is 424 g/mol. The van der Waals surface area contributed by atoms with Crippen LogP contribution in [0.25, 0.3) is 16.6 Å². The molecule has 0 bridgehead atoms.